The average Bonchev–Trinajstić information content (AvgIpc) is 2.11. The second kappa shape index (κ2) is 7.86. The standard InChI is InChI=1S/C14H29NO/c1-12(2)7-8-16-11-14(5,6)10-15-9-13(3)4/h13,15H,1,7-11H2,2-6H3. The van der Waals surface area contributed by atoms with Crippen LogP contribution in [0.4, 0.5) is 0 Å². The summed E-state index contributed by atoms with van der Waals surface area (Å²) >= 11 is 0. The Labute approximate surface area is 101 Å². The van der Waals surface area contributed by atoms with E-state index in [0.717, 1.165) is 32.7 Å². The van der Waals surface area contributed by atoms with Gasteiger partial charge >= 0.3 is 0 Å². The summed E-state index contributed by atoms with van der Waals surface area (Å²) in [6.07, 6.45) is 0.968. The van der Waals surface area contributed by atoms with Gasteiger partial charge in [0, 0.05) is 12.0 Å². The second-order valence-corrected chi connectivity index (χ2v) is 5.95. The molecule has 0 spiro atoms. The predicted molar refractivity (Wildman–Crippen MR) is 71.7 cm³/mol. The third-order valence-electron chi connectivity index (χ3n) is 2.32. The molecule has 0 radical (unpaired) electrons. The summed E-state index contributed by atoms with van der Waals surface area (Å²) in [5.41, 5.74) is 1.40. The van der Waals surface area contributed by atoms with Gasteiger partial charge in [-0.2, -0.15) is 0 Å². The molecule has 0 saturated heterocycles. The van der Waals surface area contributed by atoms with Gasteiger partial charge in [-0.1, -0.05) is 33.3 Å². The molecule has 2 nitrogen and oxygen atoms in total. The predicted octanol–water partition coefficient (Wildman–Crippen LogP) is 3.24. The second-order valence-electron chi connectivity index (χ2n) is 5.95. The average molecular weight is 227 g/mol. The fraction of sp³-hybridized carbons (Fsp3) is 0.857. The number of hydrogen-bond donors (Lipinski definition) is 1. The van der Waals surface area contributed by atoms with Gasteiger partial charge in [-0.15, -0.1) is 6.58 Å². The quantitative estimate of drug-likeness (QED) is 0.482. The zero-order chi connectivity index (χ0) is 12.6. The first-order valence-electron chi connectivity index (χ1n) is 6.26. The van der Waals surface area contributed by atoms with E-state index in [4.69, 9.17) is 4.74 Å². The van der Waals surface area contributed by atoms with Crippen molar-refractivity contribution >= 4 is 0 Å². The van der Waals surface area contributed by atoms with Gasteiger partial charge in [0.1, 0.15) is 0 Å². The summed E-state index contributed by atoms with van der Waals surface area (Å²) in [4.78, 5) is 0. The number of rotatable bonds is 9. The Kier molecular flexibility index (Phi) is 7.69. The smallest absolute Gasteiger partial charge is 0.0529 e. The molecule has 0 aromatic rings. The highest BCUT2D eigenvalue weighted by atomic mass is 16.5. The van der Waals surface area contributed by atoms with Gasteiger partial charge in [-0.3, -0.25) is 0 Å². The van der Waals surface area contributed by atoms with Gasteiger partial charge in [0.25, 0.3) is 0 Å². The Balaban J connectivity index is 3.57. The minimum Gasteiger partial charge on any atom is -0.381 e. The molecule has 0 aromatic carbocycles. The molecule has 0 bridgehead atoms. The van der Waals surface area contributed by atoms with E-state index in [-0.39, 0.29) is 5.41 Å². The van der Waals surface area contributed by atoms with Crippen molar-refractivity contribution < 1.29 is 4.74 Å². The normalized spacial score (nSPS) is 12.1. The fourth-order valence-corrected chi connectivity index (χ4v) is 1.35. The SMILES string of the molecule is C=C(C)CCOCC(C)(C)CNCC(C)C. The molecule has 16 heavy (non-hydrogen) atoms. The largest absolute Gasteiger partial charge is 0.381 e. The molecule has 0 rings (SSSR count). The minimum atomic E-state index is 0.212. The molecule has 0 aliphatic carbocycles. The Morgan fingerprint density at radius 2 is 2.00 bits per heavy atom. The van der Waals surface area contributed by atoms with Gasteiger partial charge in [0.05, 0.1) is 13.2 Å². The topological polar surface area (TPSA) is 21.3 Å². The summed E-state index contributed by atoms with van der Waals surface area (Å²) in [7, 11) is 0. The Morgan fingerprint density at radius 1 is 1.38 bits per heavy atom. The number of ether oxygens (including phenoxy) is 1. The Hall–Kier alpha value is -0.340. The van der Waals surface area contributed by atoms with Crippen LogP contribution in [0.25, 0.3) is 0 Å². The molecule has 96 valence electrons. The zero-order valence-electron chi connectivity index (χ0n) is 11.7. The monoisotopic (exact) mass is 227 g/mol. The third-order valence-corrected chi connectivity index (χ3v) is 2.32. The van der Waals surface area contributed by atoms with E-state index in [1.807, 2.05) is 6.92 Å². The van der Waals surface area contributed by atoms with Crippen molar-refractivity contribution in [3.8, 4) is 0 Å². The van der Waals surface area contributed by atoms with Crippen molar-refractivity contribution in [2.75, 3.05) is 26.3 Å². The molecular weight excluding hydrogens is 198 g/mol. The van der Waals surface area contributed by atoms with Crippen LogP contribution in [0.5, 0.6) is 0 Å². The van der Waals surface area contributed by atoms with Crippen LogP contribution in [-0.2, 0) is 4.74 Å². The Bertz CT molecular complexity index is 197. The lowest BCUT2D eigenvalue weighted by molar-refractivity contribution is 0.0637. The van der Waals surface area contributed by atoms with Crippen LogP contribution in [0.15, 0.2) is 12.2 Å². The molecule has 2 heteroatoms. The molecule has 1 N–H and O–H groups in total. The first-order valence-corrected chi connectivity index (χ1v) is 6.26. The highest BCUT2D eigenvalue weighted by Gasteiger charge is 2.17. The van der Waals surface area contributed by atoms with Crippen molar-refractivity contribution in [2.24, 2.45) is 11.3 Å². The first kappa shape index (κ1) is 15.7. The van der Waals surface area contributed by atoms with Crippen molar-refractivity contribution in [1.82, 2.24) is 5.32 Å². The number of nitrogens with one attached hydrogen (secondary N) is 1. The first-order chi connectivity index (χ1) is 7.33. The summed E-state index contributed by atoms with van der Waals surface area (Å²) in [5, 5.41) is 3.48. The maximum absolute atomic E-state index is 5.67. The van der Waals surface area contributed by atoms with E-state index in [2.05, 4.69) is 39.6 Å². The van der Waals surface area contributed by atoms with Crippen LogP contribution in [0.2, 0.25) is 0 Å². The minimum absolute atomic E-state index is 0.212. The molecule has 0 aliphatic heterocycles. The zero-order valence-corrected chi connectivity index (χ0v) is 11.7. The van der Waals surface area contributed by atoms with Gasteiger partial charge in [-0.05, 0) is 25.8 Å². The summed E-state index contributed by atoms with van der Waals surface area (Å²) in [6.45, 7) is 18.5. The van der Waals surface area contributed by atoms with E-state index >= 15 is 0 Å². The van der Waals surface area contributed by atoms with Crippen LogP contribution < -0.4 is 5.32 Å². The van der Waals surface area contributed by atoms with Gasteiger partial charge in [0.2, 0.25) is 0 Å². The molecular formula is C14H29NO. The molecule has 0 aliphatic rings. The van der Waals surface area contributed by atoms with Crippen LogP contribution in [0.3, 0.4) is 0 Å². The summed E-state index contributed by atoms with van der Waals surface area (Å²) in [6, 6.07) is 0. The van der Waals surface area contributed by atoms with Crippen molar-refractivity contribution in [2.45, 2.75) is 41.0 Å². The van der Waals surface area contributed by atoms with Crippen molar-refractivity contribution in [3.63, 3.8) is 0 Å². The molecule has 0 fully saturated rings. The van der Waals surface area contributed by atoms with E-state index in [1.165, 1.54) is 5.57 Å². The van der Waals surface area contributed by atoms with Gasteiger partial charge in [-0.25, -0.2) is 0 Å². The molecule has 0 atom stereocenters. The Morgan fingerprint density at radius 3 is 2.50 bits per heavy atom. The lowest BCUT2D eigenvalue weighted by atomic mass is 9.94. The maximum Gasteiger partial charge on any atom is 0.0529 e. The van der Waals surface area contributed by atoms with E-state index in [1.54, 1.807) is 0 Å². The molecule has 0 heterocycles. The maximum atomic E-state index is 5.67. The lowest BCUT2D eigenvalue weighted by Gasteiger charge is -2.25. The van der Waals surface area contributed by atoms with Crippen molar-refractivity contribution in [1.29, 1.82) is 0 Å². The van der Waals surface area contributed by atoms with Crippen molar-refractivity contribution in [3.05, 3.63) is 12.2 Å². The van der Waals surface area contributed by atoms with E-state index in [0.29, 0.717) is 5.92 Å². The van der Waals surface area contributed by atoms with Crippen LogP contribution in [0.1, 0.15) is 41.0 Å². The molecule has 0 unspecified atom stereocenters. The highest BCUT2D eigenvalue weighted by molar-refractivity contribution is 4.87. The summed E-state index contributed by atoms with van der Waals surface area (Å²) in [5.74, 6) is 0.708. The van der Waals surface area contributed by atoms with Gasteiger partial charge < -0.3 is 10.1 Å². The highest BCUT2D eigenvalue weighted by Crippen LogP contribution is 2.14. The molecule has 0 amide bonds. The van der Waals surface area contributed by atoms with Gasteiger partial charge in [0.15, 0.2) is 0 Å². The third kappa shape index (κ3) is 10.2. The van der Waals surface area contributed by atoms with E-state index in [9.17, 15) is 0 Å². The molecule has 0 saturated carbocycles. The fourth-order valence-electron chi connectivity index (χ4n) is 1.35. The number of hydrogen-bond acceptors (Lipinski definition) is 2. The van der Waals surface area contributed by atoms with Crippen LogP contribution in [0, 0.1) is 11.3 Å². The molecule has 0 aromatic heterocycles. The van der Waals surface area contributed by atoms with Crippen LogP contribution >= 0.6 is 0 Å². The summed E-state index contributed by atoms with van der Waals surface area (Å²) < 4.78 is 5.67. The van der Waals surface area contributed by atoms with Crippen LogP contribution in [-0.4, -0.2) is 26.3 Å². The lowest BCUT2D eigenvalue weighted by Crippen LogP contribution is -2.35. The van der Waals surface area contributed by atoms with E-state index < -0.39 is 0 Å².